The van der Waals surface area contributed by atoms with Crippen LogP contribution in [0.1, 0.15) is 37.2 Å². The number of nitrogens with one attached hydrogen (secondary N) is 1. The van der Waals surface area contributed by atoms with E-state index >= 15 is 0 Å². The molecule has 1 fully saturated rings. The molecule has 0 unspecified atom stereocenters. The summed E-state index contributed by atoms with van der Waals surface area (Å²) in [5.74, 6) is 1.51. The fraction of sp³-hybridized carbons (Fsp3) is 0.533. The van der Waals surface area contributed by atoms with Gasteiger partial charge in [0, 0.05) is 49.7 Å². The van der Waals surface area contributed by atoms with Crippen molar-refractivity contribution in [3.05, 3.63) is 36.2 Å². The Morgan fingerprint density at radius 1 is 1.48 bits per heavy atom. The van der Waals surface area contributed by atoms with E-state index in [4.69, 9.17) is 0 Å². The number of H-pyrrole nitrogens is 1. The third-order valence-electron chi connectivity index (χ3n) is 4.16. The molecule has 2 aromatic rings. The molecule has 0 aliphatic carbocycles. The summed E-state index contributed by atoms with van der Waals surface area (Å²) in [5, 5.41) is 7.04. The number of amides is 1. The smallest absolute Gasteiger partial charge is 0.242 e. The highest BCUT2D eigenvalue weighted by Crippen LogP contribution is 2.25. The number of piperidine rings is 1. The number of carbonyl (C=O) groups excluding carboxylic acids is 1. The van der Waals surface area contributed by atoms with Crippen molar-refractivity contribution < 1.29 is 4.79 Å². The van der Waals surface area contributed by atoms with Crippen molar-refractivity contribution in [1.29, 1.82) is 0 Å². The van der Waals surface area contributed by atoms with Gasteiger partial charge in [-0.3, -0.25) is 9.89 Å². The molecule has 2 aromatic heterocycles. The standard InChI is InChI=1S/C15H21N5O/c1-2-14-16-7-9-19(14)11-15(21)20-8-3-4-12(10-20)13-5-6-17-18-13/h5-7,9,12H,2-4,8,10-11H2,1H3,(H,17,18)/t12-/m1/s1. The van der Waals surface area contributed by atoms with Gasteiger partial charge >= 0.3 is 0 Å². The average Bonchev–Trinajstić information content (AvgIpc) is 3.18. The van der Waals surface area contributed by atoms with Gasteiger partial charge < -0.3 is 9.47 Å². The topological polar surface area (TPSA) is 66.8 Å². The first-order chi connectivity index (χ1) is 10.3. The van der Waals surface area contributed by atoms with E-state index in [0.717, 1.165) is 43.9 Å². The highest BCUT2D eigenvalue weighted by Gasteiger charge is 2.25. The maximum Gasteiger partial charge on any atom is 0.242 e. The van der Waals surface area contributed by atoms with Crippen LogP contribution in [0.3, 0.4) is 0 Å². The molecule has 1 amide bonds. The van der Waals surface area contributed by atoms with Gasteiger partial charge in [-0.1, -0.05) is 6.92 Å². The van der Waals surface area contributed by atoms with Gasteiger partial charge in [0.1, 0.15) is 12.4 Å². The first-order valence-corrected chi connectivity index (χ1v) is 7.55. The van der Waals surface area contributed by atoms with Crippen LogP contribution in [0.5, 0.6) is 0 Å². The molecule has 0 bridgehead atoms. The van der Waals surface area contributed by atoms with Crippen LogP contribution in [0.2, 0.25) is 0 Å². The number of hydrogen-bond acceptors (Lipinski definition) is 3. The Morgan fingerprint density at radius 2 is 2.38 bits per heavy atom. The van der Waals surface area contributed by atoms with Crippen molar-refractivity contribution in [1.82, 2.24) is 24.6 Å². The summed E-state index contributed by atoms with van der Waals surface area (Å²) < 4.78 is 1.95. The lowest BCUT2D eigenvalue weighted by molar-refractivity contribution is -0.133. The largest absolute Gasteiger partial charge is 0.340 e. The molecule has 1 saturated heterocycles. The molecular weight excluding hydrogens is 266 g/mol. The molecule has 6 nitrogen and oxygen atoms in total. The van der Waals surface area contributed by atoms with E-state index in [-0.39, 0.29) is 5.91 Å². The molecule has 1 atom stereocenters. The normalized spacial score (nSPS) is 18.9. The number of aromatic amines is 1. The Hall–Kier alpha value is -2.11. The first kappa shape index (κ1) is 13.9. The van der Waals surface area contributed by atoms with Crippen LogP contribution >= 0.6 is 0 Å². The van der Waals surface area contributed by atoms with Gasteiger partial charge in [0.2, 0.25) is 5.91 Å². The zero-order valence-corrected chi connectivity index (χ0v) is 12.3. The number of imidazole rings is 1. The Balaban J connectivity index is 1.64. The number of nitrogens with zero attached hydrogens (tertiary/aromatic N) is 4. The molecule has 0 radical (unpaired) electrons. The molecule has 0 spiro atoms. The van der Waals surface area contributed by atoms with Crippen molar-refractivity contribution in [3.63, 3.8) is 0 Å². The summed E-state index contributed by atoms with van der Waals surface area (Å²) in [6, 6.07) is 2.00. The third kappa shape index (κ3) is 2.99. The van der Waals surface area contributed by atoms with Crippen LogP contribution in [0.25, 0.3) is 0 Å². The van der Waals surface area contributed by atoms with E-state index in [1.54, 1.807) is 12.4 Å². The van der Waals surface area contributed by atoms with Gasteiger partial charge in [-0.25, -0.2) is 4.98 Å². The van der Waals surface area contributed by atoms with E-state index in [0.29, 0.717) is 12.5 Å². The SMILES string of the molecule is CCc1nccn1CC(=O)N1CCC[C@@H](c2ccn[nH]2)C1. The van der Waals surface area contributed by atoms with Gasteiger partial charge in [0.05, 0.1) is 0 Å². The lowest BCUT2D eigenvalue weighted by Crippen LogP contribution is -2.41. The zero-order chi connectivity index (χ0) is 14.7. The van der Waals surface area contributed by atoms with Gasteiger partial charge in [-0.15, -0.1) is 0 Å². The molecule has 6 heteroatoms. The Bertz CT molecular complexity index is 589. The fourth-order valence-corrected chi connectivity index (χ4v) is 3.00. The van der Waals surface area contributed by atoms with Crippen LogP contribution < -0.4 is 0 Å². The van der Waals surface area contributed by atoms with Crippen molar-refractivity contribution in [3.8, 4) is 0 Å². The zero-order valence-electron chi connectivity index (χ0n) is 12.3. The van der Waals surface area contributed by atoms with Crippen LogP contribution in [-0.2, 0) is 17.8 Å². The molecule has 3 heterocycles. The van der Waals surface area contributed by atoms with Crippen LogP contribution in [0, 0.1) is 0 Å². The first-order valence-electron chi connectivity index (χ1n) is 7.55. The monoisotopic (exact) mass is 287 g/mol. The van der Waals surface area contributed by atoms with Gasteiger partial charge in [0.15, 0.2) is 0 Å². The molecule has 1 aliphatic rings. The number of likely N-dealkylation sites (tertiary alicyclic amines) is 1. The number of aryl methyl sites for hydroxylation is 1. The number of aromatic nitrogens is 4. The number of hydrogen-bond donors (Lipinski definition) is 1. The Kier molecular flexibility index (Phi) is 4.03. The predicted octanol–water partition coefficient (Wildman–Crippen LogP) is 1.57. The molecular formula is C15H21N5O. The van der Waals surface area contributed by atoms with Gasteiger partial charge in [-0.05, 0) is 18.9 Å². The second-order valence-corrected chi connectivity index (χ2v) is 5.52. The van der Waals surface area contributed by atoms with Crippen molar-refractivity contribution in [2.75, 3.05) is 13.1 Å². The van der Waals surface area contributed by atoms with E-state index in [2.05, 4.69) is 22.1 Å². The number of rotatable bonds is 4. The highest BCUT2D eigenvalue weighted by molar-refractivity contribution is 5.76. The fourth-order valence-electron chi connectivity index (χ4n) is 3.00. The van der Waals surface area contributed by atoms with Crippen molar-refractivity contribution in [2.24, 2.45) is 0 Å². The predicted molar refractivity (Wildman–Crippen MR) is 78.7 cm³/mol. The van der Waals surface area contributed by atoms with Crippen LogP contribution in [0.15, 0.2) is 24.7 Å². The molecule has 21 heavy (non-hydrogen) atoms. The van der Waals surface area contributed by atoms with E-state index in [1.807, 2.05) is 21.7 Å². The van der Waals surface area contributed by atoms with Crippen molar-refractivity contribution in [2.45, 2.75) is 38.6 Å². The molecule has 1 N–H and O–H groups in total. The molecule has 1 aliphatic heterocycles. The van der Waals surface area contributed by atoms with E-state index in [1.165, 1.54) is 0 Å². The minimum atomic E-state index is 0.173. The van der Waals surface area contributed by atoms with Crippen LogP contribution in [-0.4, -0.2) is 43.6 Å². The molecule has 3 rings (SSSR count). The quantitative estimate of drug-likeness (QED) is 0.928. The van der Waals surface area contributed by atoms with Crippen molar-refractivity contribution >= 4 is 5.91 Å². The summed E-state index contributed by atoms with van der Waals surface area (Å²) in [4.78, 5) is 18.7. The highest BCUT2D eigenvalue weighted by atomic mass is 16.2. The Morgan fingerprint density at radius 3 is 3.14 bits per heavy atom. The van der Waals surface area contributed by atoms with E-state index < -0.39 is 0 Å². The maximum absolute atomic E-state index is 12.5. The summed E-state index contributed by atoms with van der Waals surface area (Å²) >= 11 is 0. The minimum Gasteiger partial charge on any atom is -0.340 e. The lowest BCUT2D eigenvalue weighted by Gasteiger charge is -2.32. The molecule has 0 aromatic carbocycles. The van der Waals surface area contributed by atoms with Gasteiger partial charge in [-0.2, -0.15) is 5.10 Å². The minimum absolute atomic E-state index is 0.173. The summed E-state index contributed by atoms with van der Waals surface area (Å²) in [7, 11) is 0. The molecule has 112 valence electrons. The number of carbonyl (C=O) groups is 1. The lowest BCUT2D eigenvalue weighted by atomic mass is 9.95. The average molecular weight is 287 g/mol. The third-order valence-corrected chi connectivity index (χ3v) is 4.16. The van der Waals surface area contributed by atoms with E-state index in [9.17, 15) is 4.79 Å². The second kappa shape index (κ2) is 6.11. The Labute approximate surface area is 124 Å². The second-order valence-electron chi connectivity index (χ2n) is 5.52. The van der Waals surface area contributed by atoms with Gasteiger partial charge in [0.25, 0.3) is 0 Å². The summed E-state index contributed by atoms with van der Waals surface area (Å²) in [6.45, 7) is 4.06. The molecule has 0 saturated carbocycles. The maximum atomic E-state index is 12.5. The summed E-state index contributed by atoms with van der Waals surface area (Å²) in [5.41, 5.74) is 1.13. The van der Waals surface area contributed by atoms with Crippen LogP contribution in [0.4, 0.5) is 0 Å². The summed E-state index contributed by atoms with van der Waals surface area (Å²) in [6.07, 6.45) is 8.41.